The number of hydrogen-bond acceptors (Lipinski definition) is 4. The van der Waals surface area contributed by atoms with Gasteiger partial charge in [0.2, 0.25) is 0 Å². The number of β-amino-alcohol motifs (C(OH)–C–C–N with tert-alkyl or cyclic N) is 1. The number of carbonyl (C=O) groups excluding carboxylic acids is 1. The summed E-state index contributed by atoms with van der Waals surface area (Å²) in [5, 5.41) is 10.3. The molecule has 1 saturated heterocycles. The Bertz CT molecular complexity index is 699. The molecule has 6 heteroatoms. The van der Waals surface area contributed by atoms with Crippen LogP contribution >= 0.6 is 0 Å². The van der Waals surface area contributed by atoms with Gasteiger partial charge in [-0.3, -0.25) is 9.69 Å². The lowest BCUT2D eigenvalue weighted by atomic mass is 9.91. The molecule has 1 amide bonds. The van der Waals surface area contributed by atoms with Gasteiger partial charge in [-0.15, -0.1) is 0 Å². The molecular formula is C17H22N4O2. The number of primary amides is 1. The Hall–Kier alpha value is -2.18. The minimum atomic E-state index is -1.40. The van der Waals surface area contributed by atoms with Gasteiger partial charge in [-0.2, -0.15) is 0 Å². The zero-order valence-corrected chi connectivity index (χ0v) is 13.3. The summed E-state index contributed by atoms with van der Waals surface area (Å²) in [6.45, 7) is 3.93. The number of hydrogen-bond donors (Lipinski definition) is 2. The average molecular weight is 314 g/mol. The Morgan fingerprint density at radius 1 is 1.48 bits per heavy atom. The smallest absolute Gasteiger partial charge is 0.250 e. The van der Waals surface area contributed by atoms with Crippen molar-refractivity contribution in [2.24, 2.45) is 5.73 Å². The maximum Gasteiger partial charge on any atom is 0.250 e. The van der Waals surface area contributed by atoms with Crippen molar-refractivity contribution in [3.63, 3.8) is 0 Å². The number of aliphatic hydroxyl groups is 1. The van der Waals surface area contributed by atoms with E-state index in [9.17, 15) is 9.90 Å². The van der Waals surface area contributed by atoms with Gasteiger partial charge >= 0.3 is 0 Å². The number of imidazole rings is 1. The molecule has 0 spiro atoms. The Balaban J connectivity index is 1.74. The summed E-state index contributed by atoms with van der Waals surface area (Å²) >= 11 is 0. The van der Waals surface area contributed by atoms with Crippen molar-refractivity contribution in [2.45, 2.75) is 31.9 Å². The predicted molar refractivity (Wildman–Crippen MR) is 87.0 cm³/mol. The molecule has 23 heavy (non-hydrogen) atoms. The number of carbonyl (C=O) groups is 1. The number of benzene rings is 1. The molecule has 3 N–H and O–H groups in total. The lowest BCUT2D eigenvalue weighted by Gasteiger charge is -2.37. The Labute approximate surface area is 135 Å². The number of likely N-dealkylation sites (tertiary alicyclic amines) is 1. The molecule has 3 rings (SSSR count). The zero-order chi connectivity index (χ0) is 16.4. The normalized spacial score (nSPS) is 22.2. The molecule has 2 heterocycles. The van der Waals surface area contributed by atoms with Crippen LogP contribution in [0, 0.1) is 6.92 Å². The Morgan fingerprint density at radius 2 is 2.30 bits per heavy atom. The second-order valence-corrected chi connectivity index (χ2v) is 6.29. The van der Waals surface area contributed by atoms with Gasteiger partial charge in [0.05, 0.1) is 6.33 Å². The van der Waals surface area contributed by atoms with E-state index >= 15 is 0 Å². The highest BCUT2D eigenvalue weighted by atomic mass is 16.3. The second kappa shape index (κ2) is 6.14. The first-order valence-electron chi connectivity index (χ1n) is 7.80. The molecule has 0 bridgehead atoms. The summed E-state index contributed by atoms with van der Waals surface area (Å²) in [5.74, 6) is -0.630. The van der Waals surface area contributed by atoms with Crippen LogP contribution in [-0.4, -0.2) is 44.2 Å². The Kier molecular flexibility index (Phi) is 4.19. The minimum absolute atomic E-state index is 0.297. The maximum atomic E-state index is 11.5. The molecule has 122 valence electrons. The van der Waals surface area contributed by atoms with Crippen LogP contribution in [0.3, 0.4) is 0 Å². The van der Waals surface area contributed by atoms with Crippen LogP contribution in [0.1, 0.15) is 24.0 Å². The number of piperidine rings is 1. The third-order valence-electron chi connectivity index (χ3n) is 4.53. The first kappa shape index (κ1) is 15.7. The van der Waals surface area contributed by atoms with Crippen LogP contribution in [0.15, 0.2) is 36.9 Å². The quantitative estimate of drug-likeness (QED) is 0.881. The van der Waals surface area contributed by atoms with Gasteiger partial charge in [0.1, 0.15) is 0 Å². The van der Waals surface area contributed by atoms with E-state index in [1.54, 1.807) is 12.5 Å². The number of nitrogens with zero attached hydrogens (tertiary/aromatic N) is 3. The summed E-state index contributed by atoms with van der Waals surface area (Å²) in [6, 6.07) is 6.25. The summed E-state index contributed by atoms with van der Waals surface area (Å²) in [7, 11) is 0. The van der Waals surface area contributed by atoms with Crippen molar-refractivity contribution in [2.75, 3.05) is 13.1 Å². The van der Waals surface area contributed by atoms with E-state index in [4.69, 9.17) is 5.73 Å². The van der Waals surface area contributed by atoms with Crippen LogP contribution in [-0.2, 0) is 11.3 Å². The zero-order valence-electron chi connectivity index (χ0n) is 13.3. The molecule has 1 aromatic carbocycles. The molecule has 0 radical (unpaired) electrons. The van der Waals surface area contributed by atoms with Gasteiger partial charge in [-0.1, -0.05) is 6.07 Å². The first-order valence-corrected chi connectivity index (χ1v) is 7.80. The number of aromatic nitrogens is 2. The van der Waals surface area contributed by atoms with Crippen molar-refractivity contribution >= 4 is 5.91 Å². The van der Waals surface area contributed by atoms with Crippen LogP contribution < -0.4 is 5.73 Å². The van der Waals surface area contributed by atoms with Crippen molar-refractivity contribution in [1.82, 2.24) is 14.5 Å². The molecule has 2 aromatic rings. The van der Waals surface area contributed by atoms with Crippen LogP contribution in [0.5, 0.6) is 0 Å². The lowest BCUT2D eigenvalue weighted by Crippen LogP contribution is -2.55. The Morgan fingerprint density at radius 3 is 2.96 bits per heavy atom. The fourth-order valence-electron chi connectivity index (χ4n) is 3.13. The van der Waals surface area contributed by atoms with Crippen molar-refractivity contribution in [3.8, 4) is 5.69 Å². The predicted octanol–water partition coefficient (Wildman–Crippen LogP) is 0.993. The van der Waals surface area contributed by atoms with Crippen LogP contribution in [0.4, 0.5) is 0 Å². The molecule has 6 nitrogen and oxygen atoms in total. The standard InChI is InChI=1S/C17H22N4O2/c1-13-9-15(21-8-6-19-12-21)4-3-14(13)10-20-7-2-5-17(23,11-20)16(18)22/h3-4,6,8-9,12,23H,2,5,7,10-11H2,1H3,(H2,18,22). The van der Waals surface area contributed by atoms with Gasteiger partial charge in [-0.05, 0) is 49.6 Å². The van der Waals surface area contributed by atoms with Crippen molar-refractivity contribution in [1.29, 1.82) is 0 Å². The van der Waals surface area contributed by atoms with Gasteiger partial charge < -0.3 is 15.4 Å². The van der Waals surface area contributed by atoms with Gasteiger partial charge in [-0.25, -0.2) is 4.98 Å². The number of amides is 1. The van der Waals surface area contributed by atoms with E-state index in [-0.39, 0.29) is 0 Å². The van der Waals surface area contributed by atoms with E-state index < -0.39 is 11.5 Å². The summed E-state index contributed by atoms with van der Waals surface area (Å²) in [6.07, 6.45) is 6.64. The summed E-state index contributed by atoms with van der Waals surface area (Å²) in [4.78, 5) is 17.6. The van der Waals surface area contributed by atoms with Crippen molar-refractivity contribution < 1.29 is 9.90 Å². The number of rotatable bonds is 4. The van der Waals surface area contributed by atoms with E-state index in [0.29, 0.717) is 19.5 Å². The molecule has 0 aliphatic carbocycles. The molecular weight excluding hydrogens is 292 g/mol. The highest BCUT2D eigenvalue weighted by Crippen LogP contribution is 2.24. The fourth-order valence-corrected chi connectivity index (χ4v) is 3.13. The maximum absolute atomic E-state index is 11.5. The molecule has 0 saturated carbocycles. The van der Waals surface area contributed by atoms with Crippen molar-refractivity contribution in [3.05, 3.63) is 48.0 Å². The van der Waals surface area contributed by atoms with Crippen LogP contribution in [0.2, 0.25) is 0 Å². The fraction of sp³-hybridized carbons (Fsp3) is 0.412. The number of aryl methyl sites for hydroxylation is 1. The first-order chi connectivity index (χ1) is 11.0. The molecule has 1 fully saturated rings. The topological polar surface area (TPSA) is 84.4 Å². The highest BCUT2D eigenvalue weighted by Gasteiger charge is 2.38. The number of nitrogens with two attached hydrogens (primary N) is 1. The van der Waals surface area contributed by atoms with Gasteiger partial charge in [0, 0.05) is 31.2 Å². The second-order valence-electron chi connectivity index (χ2n) is 6.29. The average Bonchev–Trinajstić information content (AvgIpc) is 3.03. The molecule has 1 aromatic heterocycles. The minimum Gasteiger partial charge on any atom is -0.379 e. The molecule has 1 unspecified atom stereocenters. The highest BCUT2D eigenvalue weighted by molar-refractivity contribution is 5.83. The third-order valence-corrected chi connectivity index (χ3v) is 4.53. The summed E-state index contributed by atoms with van der Waals surface area (Å²) in [5.41, 5.74) is 7.36. The largest absolute Gasteiger partial charge is 0.379 e. The SMILES string of the molecule is Cc1cc(-n2ccnc2)ccc1CN1CCCC(O)(C(N)=O)C1. The van der Waals surface area contributed by atoms with E-state index in [1.165, 1.54) is 11.1 Å². The van der Waals surface area contributed by atoms with E-state index in [0.717, 1.165) is 18.7 Å². The van der Waals surface area contributed by atoms with E-state index in [1.807, 2.05) is 16.8 Å². The van der Waals surface area contributed by atoms with Gasteiger partial charge in [0.25, 0.3) is 5.91 Å². The lowest BCUT2D eigenvalue weighted by molar-refractivity contribution is -0.142. The van der Waals surface area contributed by atoms with Crippen LogP contribution in [0.25, 0.3) is 5.69 Å². The molecule has 1 atom stereocenters. The summed E-state index contributed by atoms with van der Waals surface area (Å²) < 4.78 is 1.96. The molecule has 1 aliphatic rings. The monoisotopic (exact) mass is 314 g/mol. The van der Waals surface area contributed by atoms with E-state index in [2.05, 4.69) is 28.9 Å². The molecule has 1 aliphatic heterocycles. The third kappa shape index (κ3) is 3.28. The van der Waals surface area contributed by atoms with Gasteiger partial charge in [0.15, 0.2) is 5.60 Å².